The molecule has 154 valence electrons. The first-order valence-corrected chi connectivity index (χ1v) is 8.62. The summed E-state index contributed by atoms with van der Waals surface area (Å²) < 4.78 is 10.1. The Morgan fingerprint density at radius 3 is 1.44 bits per heavy atom. The van der Waals surface area contributed by atoms with Crippen molar-refractivity contribution in [3.05, 3.63) is 0 Å². The Bertz CT molecular complexity index is 511. The molecule has 2 amide bonds. The Balaban J connectivity index is 4.33. The van der Waals surface area contributed by atoms with E-state index in [1.54, 1.807) is 4.90 Å². The van der Waals surface area contributed by atoms with Gasteiger partial charge >= 0.3 is 11.9 Å². The fourth-order valence-corrected chi connectivity index (χ4v) is 2.11. The zero-order valence-corrected chi connectivity index (χ0v) is 16.5. The fourth-order valence-electron chi connectivity index (χ4n) is 2.11. The molecule has 2 atom stereocenters. The molecule has 10 heteroatoms. The van der Waals surface area contributed by atoms with Crippen molar-refractivity contribution in [2.45, 2.75) is 46.7 Å². The minimum atomic E-state index is -0.764. The van der Waals surface area contributed by atoms with Gasteiger partial charge in [0.05, 0.1) is 6.54 Å². The number of nitrogens with zero attached hydrogens (tertiary/aromatic N) is 1. The number of hydrogen-bond acceptors (Lipinski definition) is 8. The minimum Gasteiger partial charge on any atom is -0.463 e. The minimum absolute atomic E-state index is 0.0201. The number of ether oxygens (including phenoxy) is 2. The first-order valence-electron chi connectivity index (χ1n) is 8.62. The van der Waals surface area contributed by atoms with Crippen LogP contribution < -0.4 is 10.6 Å². The zero-order chi connectivity index (χ0) is 21.0. The van der Waals surface area contributed by atoms with E-state index < -0.39 is 24.0 Å². The molecule has 10 nitrogen and oxygen atoms in total. The number of amides is 2. The Morgan fingerprint density at radius 1 is 0.778 bits per heavy atom. The molecule has 0 saturated heterocycles. The van der Waals surface area contributed by atoms with Gasteiger partial charge in [0.1, 0.15) is 31.1 Å². The first kappa shape index (κ1) is 24.5. The third-order valence-corrected chi connectivity index (χ3v) is 3.30. The van der Waals surface area contributed by atoms with Crippen molar-refractivity contribution < 1.29 is 33.4 Å². The standard InChI is InChI=1S/C17H29N3O7/c1-11(21)10-20(6-8-26-16(24)12(2)18-14(4)22)7-9-27-17(25)13(3)19-15(5)23/h12-13H,6-10H2,1-5H3,(H,18,22)(H,19,23). The molecule has 0 aromatic heterocycles. The van der Waals surface area contributed by atoms with E-state index in [0.29, 0.717) is 0 Å². The molecule has 2 unspecified atom stereocenters. The molecule has 0 spiro atoms. The summed E-state index contributed by atoms with van der Waals surface area (Å²) in [7, 11) is 0. The fraction of sp³-hybridized carbons (Fsp3) is 0.706. The predicted molar refractivity (Wildman–Crippen MR) is 95.6 cm³/mol. The van der Waals surface area contributed by atoms with Crippen LogP contribution in [0.15, 0.2) is 0 Å². The molecule has 0 aromatic carbocycles. The van der Waals surface area contributed by atoms with E-state index in [2.05, 4.69) is 10.6 Å². The molecule has 0 aromatic rings. The van der Waals surface area contributed by atoms with Gasteiger partial charge in [-0.25, -0.2) is 9.59 Å². The van der Waals surface area contributed by atoms with E-state index >= 15 is 0 Å². The Labute approximate surface area is 158 Å². The van der Waals surface area contributed by atoms with Crippen LogP contribution in [0.3, 0.4) is 0 Å². The summed E-state index contributed by atoms with van der Waals surface area (Å²) in [5.74, 6) is -1.93. The van der Waals surface area contributed by atoms with Gasteiger partial charge in [0.25, 0.3) is 0 Å². The van der Waals surface area contributed by atoms with E-state index in [9.17, 15) is 24.0 Å². The van der Waals surface area contributed by atoms with Crippen molar-refractivity contribution in [1.82, 2.24) is 15.5 Å². The van der Waals surface area contributed by atoms with E-state index in [1.165, 1.54) is 34.6 Å². The second-order valence-electron chi connectivity index (χ2n) is 6.16. The Kier molecular flexibility index (Phi) is 11.6. The van der Waals surface area contributed by atoms with Gasteiger partial charge in [-0.3, -0.25) is 19.3 Å². The molecular formula is C17H29N3O7. The summed E-state index contributed by atoms with van der Waals surface area (Å²) in [5, 5.41) is 4.83. The van der Waals surface area contributed by atoms with Crippen LogP contribution in [0.5, 0.6) is 0 Å². The molecule has 0 heterocycles. The second kappa shape index (κ2) is 12.8. The lowest BCUT2D eigenvalue weighted by molar-refractivity contribution is -0.148. The molecule has 2 N–H and O–H groups in total. The summed E-state index contributed by atoms with van der Waals surface area (Å²) >= 11 is 0. The van der Waals surface area contributed by atoms with Gasteiger partial charge in [-0.1, -0.05) is 0 Å². The maximum atomic E-state index is 11.7. The van der Waals surface area contributed by atoms with Crippen molar-refractivity contribution >= 4 is 29.5 Å². The number of carbonyl (C=O) groups excluding carboxylic acids is 5. The van der Waals surface area contributed by atoms with Crippen LogP contribution in [0.2, 0.25) is 0 Å². The zero-order valence-electron chi connectivity index (χ0n) is 16.5. The Morgan fingerprint density at radius 2 is 1.15 bits per heavy atom. The summed E-state index contributed by atoms with van der Waals surface area (Å²) in [6.45, 7) is 7.70. The van der Waals surface area contributed by atoms with Gasteiger partial charge in [0.2, 0.25) is 11.8 Å². The average molecular weight is 387 g/mol. The lowest BCUT2D eigenvalue weighted by Crippen LogP contribution is -2.41. The van der Waals surface area contributed by atoms with Crippen LogP contribution in [0.25, 0.3) is 0 Å². The highest BCUT2D eigenvalue weighted by Crippen LogP contribution is 1.95. The number of hydrogen-bond donors (Lipinski definition) is 2. The van der Waals surface area contributed by atoms with Gasteiger partial charge in [-0.05, 0) is 20.8 Å². The molecule has 0 aliphatic carbocycles. The van der Waals surface area contributed by atoms with Gasteiger partial charge in [-0.2, -0.15) is 0 Å². The summed E-state index contributed by atoms with van der Waals surface area (Å²) in [5.41, 5.74) is 0. The lowest BCUT2D eigenvalue weighted by atomic mass is 10.3. The quantitative estimate of drug-likeness (QED) is 0.408. The van der Waals surface area contributed by atoms with Crippen LogP contribution >= 0.6 is 0 Å². The lowest BCUT2D eigenvalue weighted by Gasteiger charge is -2.21. The Hall–Kier alpha value is -2.49. The maximum absolute atomic E-state index is 11.7. The normalized spacial score (nSPS) is 12.7. The molecular weight excluding hydrogens is 358 g/mol. The molecule has 0 rings (SSSR count). The van der Waals surface area contributed by atoms with Crippen LogP contribution in [0.4, 0.5) is 0 Å². The number of nitrogens with one attached hydrogen (secondary N) is 2. The highest BCUT2D eigenvalue weighted by Gasteiger charge is 2.18. The van der Waals surface area contributed by atoms with Gasteiger partial charge in [-0.15, -0.1) is 0 Å². The number of Topliss-reactive ketones (excluding diaryl/α,β-unsaturated/α-hetero) is 1. The van der Waals surface area contributed by atoms with Gasteiger partial charge in [0.15, 0.2) is 0 Å². The van der Waals surface area contributed by atoms with E-state index in [-0.39, 0.29) is 50.4 Å². The van der Waals surface area contributed by atoms with Crippen molar-refractivity contribution in [2.24, 2.45) is 0 Å². The maximum Gasteiger partial charge on any atom is 0.328 e. The molecule has 0 saturated carbocycles. The number of esters is 2. The molecule has 0 aliphatic heterocycles. The first-order chi connectivity index (χ1) is 12.5. The van der Waals surface area contributed by atoms with E-state index in [1.807, 2.05) is 0 Å². The van der Waals surface area contributed by atoms with Crippen LogP contribution in [-0.2, 0) is 33.4 Å². The summed E-state index contributed by atoms with van der Waals surface area (Å²) in [4.78, 5) is 58.3. The molecule has 0 bridgehead atoms. The highest BCUT2D eigenvalue weighted by atomic mass is 16.5. The third-order valence-electron chi connectivity index (χ3n) is 3.30. The number of ketones is 1. The van der Waals surface area contributed by atoms with Crippen molar-refractivity contribution in [3.8, 4) is 0 Å². The molecule has 0 fully saturated rings. The average Bonchev–Trinajstić information content (AvgIpc) is 2.52. The van der Waals surface area contributed by atoms with Gasteiger partial charge in [0, 0.05) is 26.9 Å². The molecule has 27 heavy (non-hydrogen) atoms. The number of rotatable bonds is 12. The third kappa shape index (κ3) is 12.5. The van der Waals surface area contributed by atoms with E-state index in [0.717, 1.165) is 0 Å². The summed E-state index contributed by atoms with van der Waals surface area (Å²) in [6, 6.07) is -1.53. The van der Waals surface area contributed by atoms with E-state index in [4.69, 9.17) is 9.47 Å². The summed E-state index contributed by atoms with van der Waals surface area (Å²) in [6.07, 6.45) is 0. The smallest absolute Gasteiger partial charge is 0.328 e. The van der Waals surface area contributed by atoms with Crippen molar-refractivity contribution in [1.29, 1.82) is 0 Å². The number of carbonyl (C=O) groups is 5. The molecule has 0 radical (unpaired) electrons. The van der Waals surface area contributed by atoms with Gasteiger partial charge < -0.3 is 20.1 Å². The van der Waals surface area contributed by atoms with Crippen molar-refractivity contribution in [3.63, 3.8) is 0 Å². The van der Waals surface area contributed by atoms with Crippen molar-refractivity contribution in [2.75, 3.05) is 32.8 Å². The van der Waals surface area contributed by atoms with Crippen LogP contribution in [0, 0.1) is 0 Å². The monoisotopic (exact) mass is 387 g/mol. The molecule has 0 aliphatic rings. The van der Waals surface area contributed by atoms with Crippen LogP contribution in [0.1, 0.15) is 34.6 Å². The second-order valence-corrected chi connectivity index (χ2v) is 6.16. The topological polar surface area (TPSA) is 131 Å². The highest BCUT2D eigenvalue weighted by molar-refractivity contribution is 5.83. The predicted octanol–water partition coefficient (Wildman–Crippen LogP) is -0.987. The SMILES string of the molecule is CC(=O)CN(CCOC(=O)C(C)NC(C)=O)CCOC(=O)C(C)NC(C)=O. The van der Waals surface area contributed by atoms with Crippen LogP contribution in [-0.4, -0.2) is 79.4 Å². The largest absolute Gasteiger partial charge is 0.463 e.